The van der Waals surface area contributed by atoms with Crippen molar-refractivity contribution in [1.82, 2.24) is 9.97 Å². The standard InChI is InChI=1S/C19H14N2OS3/c1-12-4-6-13(7-5-12)14-9-24-18-17(14)19(21-11-20-18)25-10-15(22)16-3-2-8-23-16/h2-9,11H,10H2,1H3. The van der Waals surface area contributed by atoms with Gasteiger partial charge in [-0.25, -0.2) is 9.97 Å². The number of thioether (sulfide) groups is 1. The molecule has 124 valence electrons. The quantitative estimate of drug-likeness (QED) is 0.252. The first-order chi connectivity index (χ1) is 12.2. The van der Waals surface area contributed by atoms with Crippen LogP contribution in [0.1, 0.15) is 15.2 Å². The van der Waals surface area contributed by atoms with E-state index in [1.165, 1.54) is 28.7 Å². The first-order valence-corrected chi connectivity index (χ1v) is 10.5. The summed E-state index contributed by atoms with van der Waals surface area (Å²) in [4.78, 5) is 22.9. The highest BCUT2D eigenvalue weighted by Gasteiger charge is 2.15. The molecule has 0 atom stereocenters. The van der Waals surface area contributed by atoms with Gasteiger partial charge in [0.25, 0.3) is 0 Å². The highest BCUT2D eigenvalue weighted by atomic mass is 32.2. The predicted octanol–water partition coefficient (Wildman–Crippen LogP) is 5.70. The van der Waals surface area contributed by atoms with E-state index in [9.17, 15) is 4.79 Å². The summed E-state index contributed by atoms with van der Waals surface area (Å²) >= 11 is 4.58. The van der Waals surface area contributed by atoms with E-state index in [-0.39, 0.29) is 5.78 Å². The van der Waals surface area contributed by atoms with E-state index >= 15 is 0 Å². The Morgan fingerprint density at radius 3 is 2.72 bits per heavy atom. The first kappa shape index (κ1) is 16.4. The van der Waals surface area contributed by atoms with Crippen molar-refractivity contribution >= 4 is 50.4 Å². The Kier molecular flexibility index (Phi) is 4.65. The van der Waals surface area contributed by atoms with Gasteiger partial charge >= 0.3 is 0 Å². The van der Waals surface area contributed by atoms with Crippen molar-refractivity contribution in [2.24, 2.45) is 0 Å². The molecule has 25 heavy (non-hydrogen) atoms. The lowest BCUT2D eigenvalue weighted by Crippen LogP contribution is -2.00. The average Bonchev–Trinajstić information content (AvgIpc) is 3.30. The fourth-order valence-electron chi connectivity index (χ4n) is 2.54. The van der Waals surface area contributed by atoms with Crippen LogP contribution in [0.15, 0.2) is 58.5 Å². The number of Topliss-reactive ketones (excluding diaryl/α,β-unsaturated/α-hetero) is 1. The number of fused-ring (bicyclic) bond motifs is 1. The van der Waals surface area contributed by atoms with Gasteiger partial charge in [-0.3, -0.25) is 4.79 Å². The maximum absolute atomic E-state index is 12.3. The van der Waals surface area contributed by atoms with Crippen LogP contribution in [-0.4, -0.2) is 21.5 Å². The molecule has 3 aromatic heterocycles. The van der Waals surface area contributed by atoms with Crippen LogP contribution in [0.3, 0.4) is 0 Å². The van der Waals surface area contributed by atoms with Gasteiger partial charge in [-0.1, -0.05) is 47.7 Å². The highest BCUT2D eigenvalue weighted by Crippen LogP contribution is 2.38. The SMILES string of the molecule is Cc1ccc(-c2csc3ncnc(SCC(=O)c4cccs4)c23)cc1. The molecule has 0 spiro atoms. The summed E-state index contributed by atoms with van der Waals surface area (Å²) in [7, 11) is 0. The molecule has 0 radical (unpaired) electrons. The van der Waals surface area contributed by atoms with Crippen molar-refractivity contribution in [3.8, 4) is 11.1 Å². The van der Waals surface area contributed by atoms with Gasteiger partial charge in [0.05, 0.1) is 16.0 Å². The molecular formula is C19H14N2OS3. The van der Waals surface area contributed by atoms with E-state index < -0.39 is 0 Å². The fourth-order valence-corrected chi connectivity index (χ4v) is 5.18. The molecule has 3 nitrogen and oxygen atoms in total. The molecular weight excluding hydrogens is 368 g/mol. The number of hydrogen-bond acceptors (Lipinski definition) is 6. The second kappa shape index (κ2) is 7.07. The number of carbonyl (C=O) groups is 1. The van der Waals surface area contributed by atoms with Gasteiger partial charge in [-0.2, -0.15) is 0 Å². The second-order valence-electron chi connectivity index (χ2n) is 5.56. The van der Waals surface area contributed by atoms with Crippen LogP contribution in [0.2, 0.25) is 0 Å². The summed E-state index contributed by atoms with van der Waals surface area (Å²) in [5, 5.41) is 5.96. The summed E-state index contributed by atoms with van der Waals surface area (Å²) in [6, 6.07) is 12.2. The van der Waals surface area contributed by atoms with Crippen LogP contribution in [0.25, 0.3) is 21.3 Å². The molecule has 0 aliphatic rings. The Hall–Kier alpha value is -2.02. The average molecular weight is 383 g/mol. The van der Waals surface area contributed by atoms with Crippen molar-refractivity contribution in [2.75, 3.05) is 5.75 Å². The molecule has 0 unspecified atom stereocenters. The number of benzene rings is 1. The minimum Gasteiger partial charge on any atom is -0.292 e. The Morgan fingerprint density at radius 2 is 1.96 bits per heavy atom. The van der Waals surface area contributed by atoms with Crippen molar-refractivity contribution in [3.63, 3.8) is 0 Å². The van der Waals surface area contributed by atoms with Gasteiger partial charge < -0.3 is 0 Å². The Balaban J connectivity index is 1.68. The number of aromatic nitrogens is 2. The summed E-state index contributed by atoms with van der Waals surface area (Å²) in [5.41, 5.74) is 3.51. The maximum atomic E-state index is 12.3. The summed E-state index contributed by atoms with van der Waals surface area (Å²) in [5.74, 6) is 0.523. The van der Waals surface area contributed by atoms with Crippen LogP contribution in [0.5, 0.6) is 0 Å². The summed E-state index contributed by atoms with van der Waals surface area (Å²) < 4.78 is 0. The molecule has 0 aliphatic heterocycles. The lowest BCUT2D eigenvalue weighted by atomic mass is 10.1. The zero-order chi connectivity index (χ0) is 17.2. The highest BCUT2D eigenvalue weighted by molar-refractivity contribution is 8.00. The topological polar surface area (TPSA) is 42.9 Å². The number of hydrogen-bond donors (Lipinski definition) is 0. The van der Waals surface area contributed by atoms with Crippen molar-refractivity contribution in [1.29, 1.82) is 0 Å². The molecule has 4 rings (SSSR count). The van der Waals surface area contributed by atoms with E-state index in [0.717, 1.165) is 31.2 Å². The molecule has 0 bridgehead atoms. The summed E-state index contributed by atoms with van der Waals surface area (Å²) in [6.07, 6.45) is 1.58. The lowest BCUT2D eigenvalue weighted by molar-refractivity contribution is 0.102. The van der Waals surface area contributed by atoms with Crippen LogP contribution in [0, 0.1) is 6.92 Å². The molecule has 3 heterocycles. The zero-order valence-corrected chi connectivity index (χ0v) is 15.9. The minimum absolute atomic E-state index is 0.138. The third kappa shape index (κ3) is 3.38. The number of aryl methyl sites for hydroxylation is 1. The number of carbonyl (C=O) groups excluding carboxylic acids is 1. The predicted molar refractivity (Wildman–Crippen MR) is 107 cm³/mol. The van der Waals surface area contributed by atoms with Gasteiger partial charge in [-0.05, 0) is 23.9 Å². The van der Waals surface area contributed by atoms with Crippen LogP contribution in [-0.2, 0) is 0 Å². The largest absolute Gasteiger partial charge is 0.292 e. The van der Waals surface area contributed by atoms with Crippen LogP contribution >= 0.6 is 34.4 Å². The molecule has 0 saturated heterocycles. The third-order valence-electron chi connectivity index (χ3n) is 3.83. The third-order valence-corrected chi connectivity index (χ3v) is 6.62. The van der Waals surface area contributed by atoms with E-state index in [2.05, 4.69) is 46.5 Å². The molecule has 0 N–H and O–H groups in total. The monoisotopic (exact) mass is 382 g/mol. The lowest BCUT2D eigenvalue weighted by Gasteiger charge is -2.05. The van der Waals surface area contributed by atoms with Gasteiger partial charge in [0, 0.05) is 10.9 Å². The molecule has 4 aromatic rings. The zero-order valence-electron chi connectivity index (χ0n) is 13.4. The molecule has 0 aliphatic carbocycles. The Bertz CT molecular complexity index is 1020. The number of rotatable bonds is 5. The number of ketones is 1. The summed E-state index contributed by atoms with van der Waals surface area (Å²) in [6.45, 7) is 2.08. The van der Waals surface area contributed by atoms with Gasteiger partial charge in [0.1, 0.15) is 16.2 Å². The molecule has 6 heteroatoms. The van der Waals surface area contributed by atoms with Crippen molar-refractivity contribution in [2.45, 2.75) is 11.9 Å². The molecule has 0 amide bonds. The first-order valence-electron chi connectivity index (χ1n) is 7.71. The smallest absolute Gasteiger partial charge is 0.183 e. The maximum Gasteiger partial charge on any atom is 0.183 e. The van der Waals surface area contributed by atoms with Gasteiger partial charge in [0.2, 0.25) is 0 Å². The molecule has 1 aromatic carbocycles. The van der Waals surface area contributed by atoms with Gasteiger partial charge in [-0.15, -0.1) is 22.7 Å². The van der Waals surface area contributed by atoms with Crippen molar-refractivity contribution in [3.05, 3.63) is 63.9 Å². The molecule has 0 saturated carbocycles. The van der Waals surface area contributed by atoms with E-state index in [0.29, 0.717) is 5.75 Å². The minimum atomic E-state index is 0.138. The second-order valence-corrected chi connectivity index (χ2v) is 8.33. The Labute approximate surface area is 157 Å². The van der Waals surface area contributed by atoms with Crippen LogP contribution < -0.4 is 0 Å². The number of nitrogens with zero attached hydrogens (tertiary/aromatic N) is 2. The Morgan fingerprint density at radius 1 is 1.12 bits per heavy atom. The fraction of sp³-hybridized carbons (Fsp3) is 0.105. The van der Waals surface area contributed by atoms with E-state index in [4.69, 9.17) is 0 Å². The van der Waals surface area contributed by atoms with Crippen molar-refractivity contribution < 1.29 is 4.79 Å². The molecule has 0 fully saturated rings. The van der Waals surface area contributed by atoms with E-state index in [1.807, 2.05) is 17.5 Å². The number of thiophene rings is 2. The van der Waals surface area contributed by atoms with E-state index in [1.54, 1.807) is 17.7 Å². The van der Waals surface area contributed by atoms with Gasteiger partial charge in [0.15, 0.2) is 5.78 Å². The van der Waals surface area contributed by atoms with Crippen LogP contribution in [0.4, 0.5) is 0 Å². The normalized spacial score (nSPS) is 11.1.